The minimum absolute atomic E-state index is 0.346. The molecule has 0 fully saturated rings. The number of rotatable bonds is 5. The highest BCUT2D eigenvalue weighted by atomic mass is 32.1. The lowest BCUT2D eigenvalue weighted by atomic mass is 10.1. The Hall–Kier alpha value is -1.88. The van der Waals surface area contributed by atoms with Gasteiger partial charge in [0.1, 0.15) is 0 Å². The van der Waals surface area contributed by atoms with Gasteiger partial charge in [-0.1, -0.05) is 24.3 Å². The number of carbonyl (C=O) groups is 1. The average Bonchev–Trinajstić information content (AvgIpc) is 2.84. The molecule has 2 rings (SSSR count). The van der Waals surface area contributed by atoms with Crippen LogP contribution < -0.4 is 4.90 Å². The average molecular weight is 304 g/mol. The van der Waals surface area contributed by atoms with Crippen LogP contribution in [0.4, 0.5) is 5.13 Å². The lowest BCUT2D eigenvalue weighted by Gasteiger charge is -2.17. The highest BCUT2D eigenvalue weighted by Crippen LogP contribution is 2.26. The highest BCUT2D eigenvalue weighted by Gasteiger charge is 2.18. The number of ether oxygens (including phenoxy) is 1. The molecule has 4 nitrogen and oxygen atoms in total. The maximum Gasteiger partial charge on any atom is 0.358 e. The van der Waals surface area contributed by atoms with Crippen molar-refractivity contribution in [3.05, 3.63) is 46.0 Å². The van der Waals surface area contributed by atoms with Crippen LogP contribution in [0.15, 0.2) is 24.3 Å². The van der Waals surface area contributed by atoms with E-state index in [2.05, 4.69) is 28.9 Å². The van der Waals surface area contributed by atoms with Gasteiger partial charge in [0, 0.05) is 18.5 Å². The van der Waals surface area contributed by atoms with E-state index in [4.69, 9.17) is 4.74 Å². The van der Waals surface area contributed by atoms with Crippen molar-refractivity contribution < 1.29 is 9.53 Å². The molecule has 0 saturated heterocycles. The number of hydrogen-bond acceptors (Lipinski definition) is 5. The number of esters is 1. The Morgan fingerprint density at radius 1 is 1.33 bits per heavy atom. The third-order valence-electron chi connectivity index (χ3n) is 3.25. The lowest BCUT2D eigenvalue weighted by Crippen LogP contribution is -2.17. The zero-order valence-electron chi connectivity index (χ0n) is 12.8. The van der Waals surface area contributed by atoms with Gasteiger partial charge >= 0.3 is 5.97 Å². The van der Waals surface area contributed by atoms with Gasteiger partial charge < -0.3 is 9.64 Å². The van der Waals surface area contributed by atoms with Crippen LogP contribution in [0, 0.1) is 13.8 Å². The smallest absolute Gasteiger partial charge is 0.358 e. The molecule has 112 valence electrons. The van der Waals surface area contributed by atoms with Gasteiger partial charge in [-0.25, -0.2) is 9.78 Å². The Morgan fingerprint density at radius 3 is 2.71 bits per heavy atom. The molecule has 0 N–H and O–H groups in total. The lowest BCUT2D eigenvalue weighted by molar-refractivity contribution is 0.0519. The number of thiazole rings is 1. The van der Waals surface area contributed by atoms with E-state index in [1.54, 1.807) is 6.92 Å². The number of benzene rings is 1. The zero-order valence-corrected chi connectivity index (χ0v) is 13.7. The van der Waals surface area contributed by atoms with E-state index in [1.165, 1.54) is 22.5 Å². The number of nitrogens with zero attached hydrogens (tertiary/aromatic N) is 2. The monoisotopic (exact) mass is 304 g/mol. The maximum absolute atomic E-state index is 11.8. The molecule has 1 heterocycles. The van der Waals surface area contributed by atoms with E-state index in [-0.39, 0.29) is 5.97 Å². The van der Waals surface area contributed by atoms with E-state index in [1.807, 2.05) is 26.1 Å². The Balaban J connectivity index is 2.17. The molecular weight excluding hydrogens is 284 g/mol. The van der Waals surface area contributed by atoms with Gasteiger partial charge in [-0.05, 0) is 31.9 Å². The number of aromatic nitrogens is 1. The molecule has 0 atom stereocenters. The van der Waals surface area contributed by atoms with Crippen molar-refractivity contribution >= 4 is 22.4 Å². The summed E-state index contributed by atoms with van der Waals surface area (Å²) in [5, 5.41) is 0.832. The maximum atomic E-state index is 11.8. The number of hydrogen-bond donors (Lipinski definition) is 0. The molecule has 0 spiro atoms. The first-order valence-electron chi connectivity index (χ1n) is 6.93. The van der Waals surface area contributed by atoms with Crippen LogP contribution in [-0.4, -0.2) is 24.6 Å². The molecule has 0 saturated carbocycles. The van der Waals surface area contributed by atoms with Crippen LogP contribution in [0.5, 0.6) is 0 Å². The number of anilines is 1. The molecule has 0 unspecified atom stereocenters. The van der Waals surface area contributed by atoms with E-state index in [9.17, 15) is 4.79 Å². The second kappa shape index (κ2) is 6.72. The molecule has 0 bridgehead atoms. The van der Waals surface area contributed by atoms with Crippen molar-refractivity contribution in [1.82, 2.24) is 4.98 Å². The molecule has 0 radical (unpaired) electrons. The zero-order chi connectivity index (χ0) is 15.4. The van der Waals surface area contributed by atoms with Crippen LogP contribution >= 0.6 is 11.3 Å². The first kappa shape index (κ1) is 15.5. The van der Waals surface area contributed by atoms with Crippen molar-refractivity contribution in [3.8, 4) is 0 Å². The molecule has 1 aromatic carbocycles. The summed E-state index contributed by atoms with van der Waals surface area (Å²) in [6, 6.07) is 8.28. The van der Waals surface area contributed by atoms with Crippen molar-refractivity contribution in [2.75, 3.05) is 18.6 Å². The summed E-state index contributed by atoms with van der Waals surface area (Å²) in [4.78, 5) is 19.2. The van der Waals surface area contributed by atoms with Gasteiger partial charge in [-0.3, -0.25) is 0 Å². The SMILES string of the molecule is CCOC(=O)c1nc(N(C)Cc2ccccc2C)sc1C. The van der Waals surface area contributed by atoms with Crippen LogP contribution in [-0.2, 0) is 11.3 Å². The van der Waals surface area contributed by atoms with Gasteiger partial charge in [-0.15, -0.1) is 11.3 Å². The Morgan fingerprint density at radius 2 is 2.05 bits per heavy atom. The second-order valence-corrected chi connectivity index (χ2v) is 6.09. The van der Waals surface area contributed by atoms with E-state index >= 15 is 0 Å². The van der Waals surface area contributed by atoms with Gasteiger partial charge in [0.15, 0.2) is 10.8 Å². The molecule has 2 aromatic rings. The van der Waals surface area contributed by atoms with Crippen LogP contribution in [0.2, 0.25) is 0 Å². The van der Waals surface area contributed by atoms with Crippen LogP contribution in [0.25, 0.3) is 0 Å². The predicted octanol–water partition coefficient (Wildman–Crippen LogP) is 3.57. The molecule has 5 heteroatoms. The largest absolute Gasteiger partial charge is 0.461 e. The summed E-state index contributed by atoms with van der Waals surface area (Å²) in [5.74, 6) is -0.346. The van der Waals surface area contributed by atoms with Crippen LogP contribution in [0.1, 0.15) is 33.4 Å². The summed E-state index contributed by atoms with van der Waals surface area (Å²) in [6.07, 6.45) is 0. The first-order valence-corrected chi connectivity index (χ1v) is 7.74. The highest BCUT2D eigenvalue weighted by molar-refractivity contribution is 7.15. The Labute approximate surface area is 129 Å². The fraction of sp³-hybridized carbons (Fsp3) is 0.375. The van der Waals surface area contributed by atoms with E-state index < -0.39 is 0 Å². The van der Waals surface area contributed by atoms with Gasteiger partial charge in [0.2, 0.25) is 0 Å². The third kappa shape index (κ3) is 3.61. The van der Waals surface area contributed by atoms with Crippen LogP contribution in [0.3, 0.4) is 0 Å². The molecule has 0 aliphatic rings. The van der Waals surface area contributed by atoms with Gasteiger partial charge in [0.25, 0.3) is 0 Å². The number of aryl methyl sites for hydroxylation is 2. The molecule has 21 heavy (non-hydrogen) atoms. The van der Waals surface area contributed by atoms with Gasteiger partial charge in [0.05, 0.1) is 6.61 Å². The third-order valence-corrected chi connectivity index (χ3v) is 4.33. The van der Waals surface area contributed by atoms with Crippen molar-refractivity contribution in [3.63, 3.8) is 0 Å². The number of carbonyl (C=O) groups excluding carboxylic acids is 1. The Kier molecular flexibility index (Phi) is 4.96. The second-order valence-electron chi connectivity index (χ2n) is 4.90. The van der Waals surface area contributed by atoms with E-state index in [0.29, 0.717) is 12.3 Å². The van der Waals surface area contributed by atoms with Crippen molar-refractivity contribution in [2.24, 2.45) is 0 Å². The molecular formula is C16H20N2O2S. The topological polar surface area (TPSA) is 42.4 Å². The Bertz CT molecular complexity index is 637. The standard InChI is InChI=1S/C16H20N2O2S/c1-5-20-15(19)14-12(3)21-16(17-14)18(4)10-13-9-7-6-8-11(13)2/h6-9H,5,10H2,1-4H3. The normalized spacial score (nSPS) is 10.5. The molecule has 1 aromatic heterocycles. The molecule has 0 aliphatic heterocycles. The summed E-state index contributed by atoms with van der Waals surface area (Å²) in [6.45, 7) is 6.92. The fourth-order valence-electron chi connectivity index (χ4n) is 2.05. The van der Waals surface area contributed by atoms with Crippen molar-refractivity contribution in [2.45, 2.75) is 27.3 Å². The van der Waals surface area contributed by atoms with Crippen molar-refractivity contribution in [1.29, 1.82) is 0 Å². The summed E-state index contributed by atoms with van der Waals surface area (Å²) >= 11 is 1.52. The summed E-state index contributed by atoms with van der Waals surface area (Å²) < 4.78 is 5.03. The van der Waals surface area contributed by atoms with Gasteiger partial charge in [-0.2, -0.15) is 0 Å². The minimum Gasteiger partial charge on any atom is -0.461 e. The quantitative estimate of drug-likeness (QED) is 0.792. The summed E-state index contributed by atoms with van der Waals surface area (Å²) in [5.41, 5.74) is 2.93. The van der Waals surface area contributed by atoms with E-state index in [0.717, 1.165) is 16.6 Å². The molecule has 0 aliphatic carbocycles. The minimum atomic E-state index is -0.346. The fourth-order valence-corrected chi connectivity index (χ4v) is 2.90. The first-order chi connectivity index (χ1) is 10.0. The molecule has 0 amide bonds. The summed E-state index contributed by atoms with van der Waals surface area (Å²) in [7, 11) is 1.99. The predicted molar refractivity (Wildman–Crippen MR) is 86.1 cm³/mol.